The molecule has 6 heteroatoms. The van der Waals surface area contributed by atoms with Crippen LogP contribution in [0.25, 0.3) is 10.9 Å². The molecule has 3 aromatic rings. The molecular weight excluding hydrogens is 324 g/mol. The molecule has 0 aliphatic heterocycles. The predicted octanol–water partition coefficient (Wildman–Crippen LogP) is 3.06. The molecule has 0 radical (unpaired) electrons. The second kappa shape index (κ2) is 6.13. The smallest absolute Gasteiger partial charge is 0.230 e. The van der Waals surface area contributed by atoms with Gasteiger partial charge in [-0.1, -0.05) is 35.9 Å². The van der Waals surface area contributed by atoms with Crippen molar-refractivity contribution in [3.63, 3.8) is 0 Å². The van der Waals surface area contributed by atoms with Crippen molar-refractivity contribution in [1.82, 2.24) is 4.98 Å². The molecule has 0 saturated heterocycles. The van der Waals surface area contributed by atoms with Gasteiger partial charge in [-0.25, -0.2) is 8.42 Å². The highest BCUT2D eigenvalue weighted by Gasteiger charge is 2.21. The molecule has 24 heavy (non-hydrogen) atoms. The summed E-state index contributed by atoms with van der Waals surface area (Å²) in [5.74, 6) is -0.268. The van der Waals surface area contributed by atoms with Gasteiger partial charge in [0.1, 0.15) is 0 Å². The molecule has 0 aliphatic carbocycles. The fraction of sp³-hybridized carbons (Fsp3) is 0.167. The molecule has 0 unspecified atom stereocenters. The van der Waals surface area contributed by atoms with Gasteiger partial charge in [0.2, 0.25) is 5.91 Å². The maximum absolute atomic E-state index is 12.3. The van der Waals surface area contributed by atoms with E-state index in [1.807, 2.05) is 37.3 Å². The molecule has 0 spiro atoms. The topological polar surface area (TPSA) is 79.0 Å². The van der Waals surface area contributed by atoms with Gasteiger partial charge in [-0.05, 0) is 25.1 Å². The number of benzene rings is 2. The number of anilines is 1. The van der Waals surface area contributed by atoms with Crippen molar-refractivity contribution in [2.24, 2.45) is 0 Å². The molecule has 124 valence electrons. The number of hydrogen-bond acceptors (Lipinski definition) is 3. The lowest BCUT2D eigenvalue weighted by molar-refractivity contribution is -0.115. The average Bonchev–Trinajstić information content (AvgIpc) is 2.87. The molecule has 0 saturated carbocycles. The minimum absolute atomic E-state index is 0.0367. The fourth-order valence-electron chi connectivity index (χ4n) is 2.72. The minimum Gasteiger partial charge on any atom is -0.357 e. The minimum atomic E-state index is -3.45. The first-order chi connectivity index (χ1) is 11.3. The maximum atomic E-state index is 12.3. The number of hydrogen-bond donors (Lipinski definition) is 2. The van der Waals surface area contributed by atoms with Gasteiger partial charge < -0.3 is 10.3 Å². The van der Waals surface area contributed by atoms with Gasteiger partial charge in [0, 0.05) is 28.5 Å². The quantitative estimate of drug-likeness (QED) is 0.765. The molecule has 1 aromatic heterocycles. The Labute approximate surface area is 140 Å². The Morgan fingerprint density at radius 1 is 1.08 bits per heavy atom. The van der Waals surface area contributed by atoms with E-state index in [-0.39, 0.29) is 17.2 Å². The third-order valence-electron chi connectivity index (χ3n) is 3.77. The monoisotopic (exact) mass is 342 g/mol. The van der Waals surface area contributed by atoms with E-state index < -0.39 is 9.84 Å². The fourth-order valence-corrected chi connectivity index (χ4v) is 3.87. The van der Waals surface area contributed by atoms with Crippen LogP contribution in [-0.2, 0) is 21.1 Å². The summed E-state index contributed by atoms with van der Waals surface area (Å²) in [4.78, 5) is 15.5. The van der Waals surface area contributed by atoms with E-state index in [1.165, 1.54) is 0 Å². The van der Waals surface area contributed by atoms with Crippen molar-refractivity contribution in [3.8, 4) is 0 Å². The molecule has 3 rings (SSSR count). The number of aromatic nitrogens is 1. The average molecular weight is 342 g/mol. The predicted molar refractivity (Wildman–Crippen MR) is 94.9 cm³/mol. The molecule has 2 aromatic carbocycles. The molecule has 1 amide bonds. The maximum Gasteiger partial charge on any atom is 0.230 e. The number of aromatic amines is 1. The van der Waals surface area contributed by atoms with Crippen LogP contribution in [0.3, 0.4) is 0 Å². The number of para-hydroxylation sites is 1. The zero-order valence-corrected chi connectivity index (χ0v) is 14.3. The van der Waals surface area contributed by atoms with Gasteiger partial charge in [-0.3, -0.25) is 4.79 Å². The van der Waals surface area contributed by atoms with E-state index in [4.69, 9.17) is 0 Å². The Kier molecular flexibility index (Phi) is 4.15. The molecule has 0 aliphatic rings. The van der Waals surface area contributed by atoms with Crippen molar-refractivity contribution < 1.29 is 13.2 Å². The first-order valence-corrected chi connectivity index (χ1v) is 9.40. The summed E-state index contributed by atoms with van der Waals surface area (Å²) < 4.78 is 24.3. The summed E-state index contributed by atoms with van der Waals surface area (Å²) in [6.07, 6.45) is 1.12. The Morgan fingerprint density at radius 3 is 2.42 bits per heavy atom. The van der Waals surface area contributed by atoms with Crippen molar-refractivity contribution in [2.75, 3.05) is 11.6 Å². The summed E-state index contributed by atoms with van der Waals surface area (Å²) in [5, 5.41) is 3.40. The SMILES string of the molecule is Cc1ccc(NC(=O)Cc2[nH]c3ccccc3c2S(C)(=O)=O)cc1. The van der Waals surface area contributed by atoms with Crippen LogP contribution in [0.2, 0.25) is 0 Å². The van der Waals surface area contributed by atoms with Crippen LogP contribution in [-0.4, -0.2) is 25.6 Å². The lowest BCUT2D eigenvalue weighted by Gasteiger charge is -2.06. The number of H-pyrrole nitrogens is 1. The Hall–Kier alpha value is -2.60. The zero-order valence-electron chi connectivity index (χ0n) is 13.5. The number of carbonyl (C=O) groups is 1. The Bertz CT molecular complexity index is 1000. The number of nitrogens with one attached hydrogen (secondary N) is 2. The molecule has 0 fully saturated rings. The number of sulfone groups is 1. The Balaban J connectivity index is 1.92. The summed E-state index contributed by atoms with van der Waals surface area (Å²) in [5.41, 5.74) is 2.89. The molecule has 1 heterocycles. The molecular formula is C18H18N2O3S. The Morgan fingerprint density at radius 2 is 1.75 bits per heavy atom. The van der Waals surface area contributed by atoms with Crippen LogP contribution in [0.5, 0.6) is 0 Å². The van der Waals surface area contributed by atoms with Crippen LogP contribution >= 0.6 is 0 Å². The molecule has 2 N–H and O–H groups in total. The highest BCUT2D eigenvalue weighted by atomic mass is 32.2. The lowest BCUT2D eigenvalue weighted by atomic mass is 10.2. The summed E-state index contributed by atoms with van der Waals surface area (Å²) in [6.45, 7) is 1.97. The first-order valence-electron chi connectivity index (χ1n) is 7.51. The van der Waals surface area contributed by atoms with E-state index in [0.29, 0.717) is 22.3 Å². The van der Waals surface area contributed by atoms with Crippen LogP contribution in [0, 0.1) is 6.92 Å². The second-order valence-electron chi connectivity index (χ2n) is 5.84. The zero-order chi connectivity index (χ0) is 17.3. The highest BCUT2D eigenvalue weighted by molar-refractivity contribution is 7.91. The van der Waals surface area contributed by atoms with E-state index in [9.17, 15) is 13.2 Å². The van der Waals surface area contributed by atoms with Gasteiger partial charge in [0.25, 0.3) is 0 Å². The van der Waals surface area contributed by atoms with Crippen LogP contribution in [0.15, 0.2) is 53.4 Å². The standard InChI is InChI=1S/C18H18N2O3S/c1-12-7-9-13(10-8-12)19-17(21)11-16-18(24(2,22)23)14-5-3-4-6-15(14)20-16/h3-10,20H,11H2,1-2H3,(H,19,21). The van der Waals surface area contributed by atoms with Crippen molar-refractivity contribution in [3.05, 3.63) is 59.8 Å². The van der Waals surface area contributed by atoms with Gasteiger partial charge in [0.15, 0.2) is 9.84 Å². The van der Waals surface area contributed by atoms with Crippen LogP contribution in [0.4, 0.5) is 5.69 Å². The number of aryl methyl sites for hydroxylation is 1. The summed E-state index contributed by atoms with van der Waals surface area (Å²) in [7, 11) is -3.45. The van der Waals surface area contributed by atoms with Crippen LogP contribution < -0.4 is 5.32 Å². The molecule has 5 nitrogen and oxygen atoms in total. The third-order valence-corrected chi connectivity index (χ3v) is 4.98. The van der Waals surface area contributed by atoms with Crippen molar-refractivity contribution in [2.45, 2.75) is 18.2 Å². The summed E-state index contributed by atoms with van der Waals surface area (Å²) in [6, 6.07) is 14.6. The highest BCUT2D eigenvalue weighted by Crippen LogP contribution is 2.27. The molecule has 0 bridgehead atoms. The van der Waals surface area contributed by atoms with E-state index in [2.05, 4.69) is 10.3 Å². The van der Waals surface area contributed by atoms with Gasteiger partial charge in [-0.2, -0.15) is 0 Å². The largest absolute Gasteiger partial charge is 0.357 e. The number of amides is 1. The van der Waals surface area contributed by atoms with Crippen molar-refractivity contribution in [1.29, 1.82) is 0 Å². The van der Waals surface area contributed by atoms with E-state index >= 15 is 0 Å². The number of rotatable bonds is 4. The van der Waals surface area contributed by atoms with Crippen LogP contribution in [0.1, 0.15) is 11.3 Å². The normalized spacial score (nSPS) is 11.6. The van der Waals surface area contributed by atoms with Gasteiger partial charge in [0.05, 0.1) is 11.3 Å². The van der Waals surface area contributed by atoms with E-state index in [1.54, 1.807) is 18.2 Å². The van der Waals surface area contributed by atoms with Gasteiger partial charge >= 0.3 is 0 Å². The number of carbonyl (C=O) groups excluding carboxylic acids is 1. The third kappa shape index (κ3) is 3.33. The molecule has 0 atom stereocenters. The van der Waals surface area contributed by atoms with E-state index in [0.717, 1.165) is 11.8 Å². The number of fused-ring (bicyclic) bond motifs is 1. The first kappa shape index (κ1) is 16.3. The lowest BCUT2D eigenvalue weighted by Crippen LogP contribution is -2.16. The second-order valence-corrected chi connectivity index (χ2v) is 7.79. The summed E-state index contributed by atoms with van der Waals surface area (Å²) >= 11 is 0. The van der Waals surface area contributed by atoms with Gasteiger partial charge in [-0.15, -0.1) is 0 Å². The van der Waals surface area contributed by atoms with Crippen molar-refractivity contribution >= 4 is 32.3 Å².